The molecule has 7 heteroatoms. The van der Waals surface area contributed by atoms with E-state index in [0.29, 0.717) is 0 Å². The number of hydrogen-bond acceptors (Lipinski definition) is 4. The molecule has 0 saturated carbocycles. The van der Waals surface area contributed by atoms with Crippen molar-refractivity contribution < 1.29 is 16.3 Å². The number of hydrogen-bond donors (Lipinski definition) is 1. The molecule has 0 saturated heterocycles. The van der Waals surface area contributed by atoms with E-state index in [1.165, 1.54) is 0 Å². The zero-order chi connectivity index (χ0) is 6.99. The van der Waals surface area contributed by atoms with E-state index in [4.69, 9.17) is 5.26 Å². The summed E-state index contributed by atoms with van der Waals surface area (Å²) in [6.07, 6.45) is 0. The van der Waals surface area contributed by atoms with E-state index in [-0.39, 0.29) is 26.2 Å². The normalized spacial score (nSPS) is 5.78. The van der Waals surface area contributed by atoms with Crippen molar-refractivity contribution in [2.75, 3.05) is 0 Å². The van der Waals surface area contributed by atoms with Crippen LogP contribution in [0.1, 0.15) is 6.92 Å². The maximum atomic E-state index is 9.34. The van der Waals surface area contributed by atoms with E-state index in [2.05, 4.69) is 6.28 Å². The molecule has 0 aliphatic heterocycles. The molecule has 4 nitrogen and oxygen atoms in total. The molecule has 0 heterocycles. The molecule has 0 aliphatic rings. The number of rotatable bonds is 0. The van der Waals surface area contributed by atoms with Crippen LogP contribution in [0.5, 0.6) is 0 Å². The second-order valence-electron chi connectivity index (χ2n) is 0.641. The minimum absolute atomic E-state index is 0. The molecule has 1 N–H and O–H groups in total. The van der Waals surface area contributed by atoms with Gasteiger partial charge in [-0.2, -0.15) is 5.26 Å². The predicted octanol–water partition coefficient (Wildman–Crippen LogP) is 0.542. The van der Waals surface area contributed by atoms with Gasteiger partial charge in [0.1, 0.15) is 46.0 Å². The summed E-state index contributed by atoms with van der Waals surface area (Å²) in [5.41, 5.74) is 0. The van der Waals surface area contributed by atoms with E-state index in [1.54, 1.807) is 46.0 Å². The molecule has 0 aliphatic carbocycles. The first-order chi connectivity index (χ1) is 3.68. The molecular formula is C2H7BiI2O4. The Bertz CT molecular complexity index is 60.5. The van der Waals surface area contributed by atoms with Gasteiger partial charge in [-0.1, -0.05) is 0 Å². The van der Waals surface area contributed by atoms with Crippen LogP contribution >= 0.6 is 46.0 Å². The summed E-state index contributed by atoms with van der Waals surface area (Å²) in [5, 5.41) is 7.29. The van der Waals surface area contributed by atoms with Crippen molar-refractivity contribution in [1.29, 1.82) is 0 Å². The summed E-state index contributed by atoms with van der Waals surface area (Å²) in [7, 11) is 0. The zero-order valence-corrected chi connectivity index (χ0v) is 14.4. The summed E-state index contributed by atoms with van der Waals surface area (Å²) >= 11 is 3.55. The van der Waals surface area contributed by atoms with Crippen LogP contribution < -0.4 is 0 Å². The molecule has 0 bridgehead atoms. The van der Waals surface area contributed by atoms with Crippen LogP contribution in [0.25, 0.3) is 0 Å². The van der Waals surface area contributed by atoms with E-state index < -0.39 is 5.97 Å². The van der Waals surface area contributed by atoms with Crippen molar-refractivity contribution in [3.8, 4) is 0 Å². The standard InChI is InChI=1S/C2H4O3.Bi.I2O.3H/c1-2(3)5-4;;1-3-2;;;/h4H,1H3;;;;;. The van der Waals surface area contributed by atoms with Gasteiger partial charge in [0.25, 0.3) is 0 Å². The average Bonchev–Trinajstić information content (AvgIpc) is 1.69. The molecule has 9 heavy (non-hydrogen) atoms. The van der Waals surface area contributed by atoms with Gasteiger partial charge < -0.3 is 4.89 Å². The van der Waals surface area contributed by atoms with Gasteiger partial charge in [0.05, 0.1) is 0 Å². The van der Waals surface area contributed by atoms with Crippen molar-refractivity contribution in [2.24, 2.45) is 0 Å². The molecule has 0 rings (SSSR count). The Labute approximate surface area is 100 Å². The summed E-state index contributed by atoms with van der Waals surface area (Å²) < 4.78 is 4.19. The molecule has 0 unspecified atom stereocenters. The second kappa shape index (κ2) is 16.4. The second-order valence-corrected chi connectivity index (χ2v) is 3.21. The summed E-state index contributed by atoms with van der Waals surface area (Å²) in [6, 6.07) is 0. The topological polar surface area (TPSA) is 55.8 Å². The molecule has 58 valence electrons. The fraction of sp³-hybridized carbons (Fsp3) is 0.500. The molecular weight excluding hydrogens is 551 g/mol. The minimum atomic E-state index is -0.690. The van der Waals surface area contributed by atoms with Crippen LogP contribution in [0.4, 0.5) is 0 Å². The Hall–Kier alpha value is 1.73. The van der Waals surface area contributed by atoms with Crippen LogP contribution in [-0.4, -0.2) is 37.4 Å². The molecule has 0 aromatic rings. The van der Waals surface area contributed by atoms with Gasteiger partial charge in [-0.3, -0.25) is 0 Å². The third-order valence-corrected chi connectivity index (χ3v) is 0.129. The van der Waals surface area contributed by atoms with Crippen LogP contribution in [0, 0.1) is 0 Å². The van der Waals surface area contributed by atoms with Crippen LogP contribution in [0.3, 0.4) is 0 Å². The third-order valence-electron chi connectivity index (χ3n) is 0.129. The van der Waals surface area contributed by atoms with E-state index in [9.17, 15) is 4.79 Å². The Morgan fingerprint density at radius 2 is 1.67 bits per heavy atom. The van der Waals surface area contributed by atoms with Crippen LogP contribution in [-0.2, 0) is 11.1 Å². The monoisotopic (exact) mass is 558 g/mol. The van der Waals surface area contributed by atoms with Crippen LogP contribution in [0.2, 0.25) is 0 Å². The summed E-state index contributed by atoms with van der Waals surface area (Å²) in [4.78, 5) is 12.5. The van der Waals surface area contributed by atoms with Crippen LogP contribution in [0.15, 0.2) is 0 Å². The van der Waals surface area contributed by atoms with E-state index >= 15 is 0 Å². The molecule has 0 fully saturated rings. The van der Waals surface area contributed by atoms with Gasteiger partial charge in [0, 0.05) is 6.92 Å². The fourth-order valence-electron chi connectivity index (χ4n) is 0. The Balaban J connectivity index is -0.0000000800. The maximum absolute atomic E-state index is 9.34. The Morgan fingerprint density at radius 1 is 1.56 bits per heavy atom. The van der Waals surface area contributed by atoms with Gasteiger partial charge in [0.2, 0.25) is 0 Å². The zero-order valence-electron chi connectivity index (χ0n) is 4.63. The average molecular weight is 558 g/mol. The number of carbonyl (C=O) groups excluding carboxylic acids is 1. The van der Waals surface area contributed by atoms with Crippen molar-refractivity contribution in [3.63, 3.8) is 0 Å². The molecule has 0 aromatic heterocycles. The molecule has 0 amide bonds. The Morgan fingerprint density at radius 3 is 1.67 bits per heavy atom. The molecule has 0 spiro atoms. The first-order valence-electron chi connectivity index (χ1n) is 1.40. The van der Waals surface area contributed by atoms with Gasteiger partial charge in [0.15, 0.2) is 0 Å². The molecule has 0 radical (unpaired) electrons. The van der Waals surface area contributed by atoms with Crippen molar-refractivity contribution in [1.82, 2.24) is 0 Å². The van der Waals surface area contributed by atoms with Crippen molar-refractivity contribution >= 4 is 78.2 Å². The third kappa shape index (κ3) is 41.8. The first-order valence-corrected chi connectivity index (χ1v) is 3.16. The Kier molecular flexibility index (Phi) is 30.9. The molecule has 0 aromatic carbocycles. The van der Waals surface area contributed by atoms with Gasteiger partial charge in [-0.05, 0) is 0 Å². The molecule has 0 atom stereocenters. The van der Waals surface area contributed by atoms with Crippen molar-refractivity contribution in [2.45, 2.75) is 6.92 Å². The summed E-state index contributed by atoms with van der Waals surface area (Å²) in [5.74, 6) is -0.690. The predicted molar refractivity (Wildman–Crippen MR) is 53.5 cm³/mol. The van der Waals surface area contributed by atoms with Gasteiger partial charge in [-0.15, -0.1) is 0 Å². The van der Waals surface area contributed by atoms with E-state index in [0.717, 1.165) is 6.92 Å². The SMILES string of the molecule is CC(=O)OO.IOI.[BiH3]. The summed E-state index contributed by atoms with van der Waals surface area (Å²) in [6.45, 7) is 1.11. The van der Waals surface area contributed by atoms with Crippen molar-refractivity contribution in [3.05, 3.63) is 0 Å². The quantitative estimate of drug-likeness (QED) is 0.205. The van der Waals surface area contributed by atoms with Gasteiger partial charge in [-0.25, -0.2) is 6.19 Å². The number of halogens is 2. The fourth-order valence-corrected chi connectivity index (χ4v) is 0. The van der Waals surface area contributed by atoms with E-state index in [1.807, 2.05) is 0 Å². The number of carbonyl (C=O) groups is 1. The first kappa shape index (κ1) is 17.0. The van der Waals surface area contributed by atoms with Gasteiger partial charge >= 0.3 is 32.2 Å².